The van der Waals surface area contributed by atoms with Crippen LogP contribution in [0.5, 0.6) is 0 Å². The largest absolute Gasteiger partial charge is 0.307 e. The molecule has 1 atom stereocenters. The molecular formula is C16H25NO3S. The summed E-state index contributed by atoms with van der Waals surface area (Å²) in [4.78, 5) is -1.74. The van der Waals surface area contributed by atoms with E-state index in [0.717, 1.165) is 31.2 Å². The summed E-state index contributed by atoms with van der Waals surface area (Å²) < 4.78 is 33.0. The Hall–Kier alpha value is -1.17. The van der Waals surface area contributed by atoms with Crippen LogP contribution in [0.25, 0.3) is 6.08 Å². The van der Waals surface area contributed by atoms with E-state index in [-0.39, 0.29) is 6.42 Å². The van der Waals surface area contributed by atoms with Crippen LogP contribution in [0, 0.1) is 0 Å². The van der Waals surface area contributed by atoms with Crippen molar-refractivity contribution < 1.29 is 13.0 Å². The monoisotopic (exact) mass is 311 g/mol. The van der Waals surface area contributed by atoms with Gasteiger partial charge in [0.25, 0.3) is 10.1 Å². The zero-order chi connectivity index (χ0) is 15.9. The molecule has 0 radical (unpaired) electrons. The highest BCUT2D eigenvalue weighted by atomic mass is 32.2. The molecule has 0 aliphatic rings. The Morgan fingerprint density at radius 3 is 2.24 bits per heavy atom. The summed E-state index contributed by atoms with van der Waals surface area (Å²) in [5.74, 6) is 0. The van der Waals surface area contributed by atoms with Crippen molar-refractivity contribution in [2.24, 2.45) is 5.73 Å². The van der Waals surface area contributed by atoms with E-state index in [1.807, 2.05) is 0 Å². The molecule has 21 heavy (non-hydrogen) atoms. The smallest absolute Gasteiger partial charge is 0.288 e. The summed E-state index contributed by atoms with van der Waals surface area (Å²) in [6.07, 6.45) is 6.75. The Bertz CT molecular complexity index is 551. The fourth-order valence-electron chi connectivity index (χ4n) is 2.31. The quantitative estimate of drug-likeness (QED) is 0.538. The van der Waals surface area contributed by atoms with Gasteiger partial charge in [-0.3, -0.25) is 4.55 Å². The third kappa shape index (κ3) is 4.66. The second-order valence-electron chi connectivity index (χ2n) is 5.35. The molecule has 0 aromatic heterocycles. The predicted molar refractivity (Wildman–Crippen MR) is 87.3 cm³/mol. The van der Waals surface area contributed by atoms with Gasteiger partial charge in [0.1, 0.15) is 0 Å². The second kappa shape index (κ2) is 7.73. The second-order valence-corrected chi connectivity index (χ2v) is 7.03. The molecule has 0 spiro atoms. The molecule has 0 saturated carbocycles. The van der Waals surface area contributed by atoms with Crippen molar-refractivity contribution >= 4 is 16.2 Å². The normalized spacial score (nSPS) is 14.6. The zero-order valence-electron chi connectivity index (χ0n) is 12.6. The van der Waals surface area contributed by atoms with Crippen LogP contribution in [0.4, 0.5) is 0 Å². The van der Waals surface area contributed by atoms with Crippen LogP contribution in [0.1, 0.15) is 56.6 Å². The first kappa shape index (κ1) is 17.9. The lowest BCUT2D eigenvalue weighted by molar-refractivity contribution is 0.405. The Balaban J connectivity index is 2.90. The van der Waals surface area contributed by atoms with Gasteiger partial charge in [-0.1, -0.05) is 75.9 Å². The molecule has 0 fully saturated rings. The van der Waals surface area contributed by atoms with E-state index in [1.54, 1.807) is 30.3 Å². The van der Waals surface area contributed by atoms with Gasteiger partial charge in [0.2, 0.25) is 0 Å². The van der Waals surface area contributed by atoms with Crippen molar-refractivity contribution in [3.05, 3.63) is 42.0 Å². The van der Waals surface area contributed by atoms with Gasteiger partial charge >= 0.3 is 0 Å². The van der Waals surface area contributed by atoms with Gasteiger partial charge in [-0.15, -0.1) is 0 Å². The average Bonchev–Trinajstić information content (AvgIpc) is 2.45. The first-order valence-electron chi connectivity index (χ1n) is 7.34. The molecule has 118 valence electrons. The molecule has 4 nitrogen and oxygen atoms in total. The van der Waals surface area contributed by atoms with E-state index in [0.29, 0.717) is 12.0 Å². The summed E-state index contributed by atoms with van der Waals surface area (Å²) in [7, 11) is -4.38. The molecule has 0 amide bonds. The van der Waals surface area contributed by atoms with Gasteiger partial charge in [0.05, 0.1) is 0 Å². The van der Waals surface area contributed by atoms with E-state index in [2.05, 4.69) is 13.5 Å². The molecule has 0 bridgehead atoms. The number of rotatable bonds is 9. The molecule has 0 heterocycles. The Labute approximate surface area is 127 Å². The van der Waals surface area contributed by atoms with Crippen molar-refractivity contribution in [3.8, 4) is 0 Å². The maximum absolute atomic E-state index is 11.7. The van der Waals surface area contributed by atoms with E-state index in [4.69, 9.17) is 5.73 Å². The molecule has 5 heteroatoms. The molecule has 0 saturated heterocycles. The first-order chi connectivity index (χ1) is 9.85. The number of nitrogens with two attached hydrogens (primary N) is 1. The lowest BCUT2D eigenvalue weighted by Crippen LogP contribution is -2.44. The van der Waals surface area contributed by atoms with Crippen molar-refractivity contribution in [2.75, 3.05) is 0 Å². The minimum Gasteiger partial charge on any atom is -0.307 e. The van der Waals surface area contributed by atoms with Crippen LogP contribution in [0.3, 0.4) is 0 Å². The predicted octanol–water partition coefficient (Wildman–Crippen LogP) is 3.69. The Morgan fingerprint density at radius 2 is 1.76 bits per heavy atom. The molecule has 3 N–H and O–H groups in total. The van der Waals surface area contributed by atoms with E-state index < -0.39 is 15.0 Å². The molecule has 1 rings (SSSR count). The van der Waals surface area contributed by atoms with Crippen LogP contribution in [-0.2, 0) is 15.0 Å². The van der Waals surface area contributed by atoms with Gasteiger partial charge in [0, 0.05) is 0 Å². The number of unbranched alkanes of at least 4 members (excludes halogenated alkanes) is 4. The Morgan fingerprint density at radius 1 is 1.19 bits per heavy atom. The maximum Gasteiger partial charge on any atom is 0.288 e. The fourth-order valence-corrected chi connectivity index (χ4v) is 3.15. The lowest BCUT2D eigenvalue weighted by Gasteiger charge is -2.26. The highest BCUT2D eigenvalue weighted by Crippen LogP contribution is 2.30. The van der Waals surface area contributed by atoms with Gasteiger partial charge in [-0.05, 0) is 17.5 Å². The third-order valence-electron chi connectivity index (χ3n) is 3.75. The highest BCUT2D eigenvalue weighted by Gasteiger charge is 2.40. The van der Waals surface area contributed by atoms with Gasteiger partial charge in [-0.2, -0.15) is 8.42 Å². The van der Waals surface area contributed by atoms with Crippen LogP contribution < -0.4 is 5.73 Å². The summed E-state index contributed by atoms with van der Waals surface area (Å²) >= 11 is 0. The summed E-state index contributed by atoms with van der Waals surface area (Å²) in [5, 5.41) is 0. The van der Waals surface area contributed by atoms with Gasteiger partial charge in [0.15, 0.2) is 4.87 Å². The molecular weight excluding hydrogens is 286 g/mol. The lowest BCUT2D eigenvalue weighted by atomic mass is 9.98. The van der Waals surface area contributed by atoms with Crippen LogP contribution in [0.15, 0.2) is 30.8 Å². The first-order valence-corrected chi connectivity index (χ1v) is 8.78. The van der Waals surface area contributed by atoms with Crippen LogP contribution in [0.2, 0.25) is 0 Å². The van der Waals surface area contributed by atoms with Gasteiger partial charge < -0.3 is 5.73 Å². The number of hydrogen-bond acceptors (Lipinski definition) is 3. The summed E-state index contributed by atoms with van der Waals surface area (Å²) in [5.41, 5.74) is 7.32. The van der Waals surface area contributed by atoms with Crippen molar-refractivity contribution in [3.63, 3.8) is 0 Å². The summed E-state index contributed by atoms with van der Waals surface area (Å²) in [6.45, 7) is 5.77. The van der Waals surface area contributed by atoms with Crippen molar-refractivity contribution in [1.82, 2.24) is 0 Å². The SMILES string of the molecule is C=Cc1ccc(C(N)(CCCCCCC)S(=O)(=O)O)cc1. The molecule has 0 aliphatic heterocycles. The molecule has 1 aromatic rings. The van der Waals surface area contributed by atoms with Crippen molar-refractivity contribution in [1.29, 1.82) is 0 Å². The minimum atomic E-state index is -4.38. The zero-order valence-corrected chi connectivity index (χ0v) is 13.4. The third-order valence-corrected chi connectivity index (χ3v) is 5.11. The molecule has 1 unspecified atom stereocenters. The van der Waals surface area contributed by atoms with Crippen molar-refractivity contribution in [2.45, 2.75) is 50.3 Å². The van der Waals surface area contributed by atoms with E-state index >= 15 is 0 Å². The standard InChI is InChI=1S/C16H25NO3S/c1-3-5-6-7-8-13-16(17,21(18,19)20)15-11-9-14(4-2)10-12-15/h4,9-12H,2-3,5-8,13,17H2,1H3,(H,18,19,20). The van der Waals surface area contributed by atoms with E-state index in [1.165, 1.54) is 0 Å². The van der Waals surface area contributed by atoms with Crippen LogP contribution in [-0.4, -0.2) is 13.0 Å². The number of benzene rings is 1. The minimum absolute atomic E-state index is 0.211. The highest BCUT2D eigenvalue weighted by molar-refractivity contribution is 7.86. The maximum atomic E-state index is 11.7. The van der Waals surface area contributed by atoms with Crippen LogP contribution >= 0.6 is 0 Å². The topological polar surface area (TPSA) is 80.4 Å². The van der Waals surface area contributed by atoms with Gasteiger partial charge in [-0.25, -0.2) is 0 Å². The summed E-state index contributed by atoms with van der Waals surface area (Å²) in [6, 6.07) is 6.76. The fraction of sp³-hybridized carbons (Fsp3) is 0.500. The number of hydrogen-bond donors (Lipinski definition) is 2. The van der Waals surface area contributed by atoms with E-state index in [9.17, 15) is 13.0 Å². The Kier molecular flexibility index (Phi) is 6.58. The molecule has 1 aromatic carbocycles. The average molecular weight is 311 g/mol. The molecule has 0 aliphatic carbocycles.